The van der Waals surface area contributed by atoms with E-state index in [2.05, 4.69) is 15.3 Å². The molecule has 17 heavy (non-hydrogen) atoms. The zero-order valence-corrected chi connectivity index (χ0v) is 10.5. The molecule has 0 aliphatic rings. The Kier molecular flexibility index (Phi) is 5.09. The number of anilines is 1. The van der Waals surface area contributed by atoms with Crippen molar-refractivity contribution in [2.45, 2.75) is 13.8 Å². The second kappa shape index (κ2) is 6.34. The Hall–Kier alpha value is -1.43. The van der Waals surface area contributed by atoms with E-state index in [-0.39, 0.29) is 23.6 Å². The number of likely N-dealkylation sites (N-methyl/N-ethyl adjacent to an activating group) is 2. The van der Waals surface area contributed by atoms with Crippen LogP contribution in [0.25, 0.3) is 0 Å². The molecule has 0 unspecified atom stereocenters. The molecule has 0 bridgehead atoms. The topological polar surface area (TPSA) is 58.1 Å². The Morgan fingerprint density at radius 2 is 2.29 bits per heavy atom. The first-order valence-electron chi connectivity index (χ1n) is 5.28. The van der Waals surface area contributed by atoms with Crippen LogP contribution < -0.4 is 10.2 Å². The number of halogens is 2. The van der Waals surface area contributed by atoms with E-state index in [1.807, 2.05) is 6.92 Å². The van der Waals surface area contributed by atoms with Gasteiger partial charge in [-0.25, -0.2) is 9.37 Å². The quantitative estimate of drug-likeness (QED) is 0.809. The van der Waals surface area contributed by atoms with E-state index in [1.165, 1.54) is 4.90 Å². The summed E-state index contributed by atoms with van der Waals surface area (Å²) in [6, 6.07) is 0. The standard InChI is InChI=1S/C10H14ClFN4O/c1-3-13-8(17)6-16(4-2)9-7(12)5-14-10(11)15-9/h5H,3-4,6H2,1-2H3,(H,13,17). The summed E-state index contributed by atoms with van der Waals surface area (Å²) in [7, 11) is 0. The van der Waals surface area contributed by atoms with E-state index in [0.29, 0.717) is 13.1 Å². The zero-order chi connectivity index (χ0) is 12.8. The minimum Gasteiger partial charge on any atom is -0.355 e. The first-order chi connectivity index (χ1) is 8.08. The van der Waals surface area contributed by atoms with Gasteiger partial charge in [0.1, 0.15) is 0 Å². The molecule has 0 fully saturated rings. The summed E-state index contributed by atoms with van der Waals surface area (Å²) in [4.78, 5) is 20.2. The van der Waals surface area contributed by atoms with Gasteiger partial charge in [-0.05, 0) is 25.4 Å². The monoisotopic (exact) mass is 260 g/mol. The molecule has 0 saturated heterocycles. The first kappa shape index (κ1) is 13.6. The van der Waals surface area contributed by atoms with Crippen molar-refractivity contribution >= 4 is 23.3 Å². The molecule has 0 atom stereocenters. The summed E-state index contributed by atoms with van der Waals surface area (Å²) in [5, 5.41) is 2.59. The number of carbonyl (C=O) groups is 1. The molecule has 1 N–H and O–H groups in total. The van der Waals surface area contributed by atoms with Crippen molar-refractivity contribution in [3.8, 4) is 0 Å². The van der Waals surface area contributed by atoms with Gasteiger partial charge in [0.15, 0.2) is 11.6 Å². The van der Waals surface area contributed by atoms with E-state index in [9.17, 15) is 9.18 Å². The van der Waals surface area contributed by atoms with Crippen molar-refractivity contribution < 1.29 is 9.18 Å². The highest BCUT2D eigenvalue weighted by Gasteiger charge is 2.15. The number of nitrogens with zero attached hydrogens (tertiary/aromatic N) is 3. The molecule has 0 saturated carbocycles. The molecule has 5 nitrogen and oxygen atoms in total. The second-order valence-corrected chi connectivity index (χ2v) is 3.62. The van der Waals surface area contributed by atoms with Crippen LogP contribution in [0.3, 0.4) is 0 Å². The minimum absolute atomic E-state index is 0.0363. The van der Waals surface area contributed by atoms with Crippen LogP contribution in [0.2, 0.25) is 5.28 Å². The fourth-order valence-electron chi connectivity index (χ4n) is 1.32. The number of nitrogens with one attached hydrogen (secondary N) is 1. The van der Waals surface area contributed by atoms with Crippen molar-refractivity contribution in [1.29, 1.82) is 0 Å². The maximum atomic E-state index is 13.5. The summed E-state index contributed by atoms with van der Waals surface area (Å²) >= 11 is 5.60. The molecular formula is C10H14ClFN4O. The number of carbonyl (C=O) groups excluding carboxylic acids is 1. The van der Waals surface area contributed by atoms with Crippen molar-refractivity contribution in [3.63, 3.8) is 0 Å². The van der Waals surface area contributed by atoms with Crippen molar-refractivity contribution in [2.24, 2.45) is 0 Å². The SMILES string of the molecule is CCNC(=O)CN(CC)c1nc(Cl)ncc1F. The molecule has 0 aliphatic heterocycles. The molecule has 94 valence electrons. The van der Waals surface area contributed by atoms with Crippen LogP contribution in [0.15, 0.2) is 6.20 Å². The average Bonchev–Trinajstić information content (AvgIpc) is 2.30. The Balaban J connectivity index is 2.85. The third-order valence-corrected chi connectivity index (χ3v) is 2.27. The highest BCUT2D eigenvalue weighted by molar-refractivity contribution is 6.28. The van der Waals surface area contributed by atoms with Gasteiger partial charge in [-0.3, -0.25) is 4.79 Å². The molecule has 0 aromatic carbocycles. The van der Waals surface area contributed by atoms with Crippen LogP contribution in [0.1, 0.15) is 13.8 Å². The first-order valence-corrected chi connectivity index (χ1v) is 5.66. The van der Waals surface area contributed by atoms with Gasteiger partial charge in [0.2, 0.25) is 11.2 Å². The van der Waals surface area contributed by atoms with Crippen LogP contribution in [0.4, 0.5) is 10.2 Å². The van der Waals surface area contributed by atoms with Gasteiger partial charge in [0, 0.05) is 13.1 Å². The average molecular weight is 261 g/mol. The van der Waals surface area contributed by atoms with E-state index in [0.717, 1.165) is 6.20 Å². The predicted molar refractivity (Wildman–Crippen MR) is 63.6 cm³/mol. The summed E-state index contributed by atoms with van der Waals surface area (Å²) in [6.45, 7) is 4.63. The molecule has 1 aromatic heterocycles. The Morgan fingerprint density at radius 3 is 2.88 bits per heavy atom. The van der Waals surface area contributed by atoms with Crippen molar-refractivity contribution in [2.75, 3.05) is 24.5 Å². The highest BCUT2D eigenvalue weighted by atomic mass is 35.5. The lowest BCUT2D eigenvalue weighted by Gasteiger charge is -2.21. The van der Waals surface area contributed by atoms with Gasteiger partial charge in [0.25, 0.3) is 0 Å². The molecule has 1 rings (SSSR count). The molecule has 0 radical (unpaired) electrons. The van der Waals surface area contributed by atoms with Gasteiger partial charge >= 0.3 is 0 Å². The smallest absolute Gasteiger partial charge is 0.239 e. The number of hydrogen-bond acceptors (Lipinski definition) is 4. The van der Waals surface area contributed by atoms with Crippen LogP contribution in [-0.4, -0.2) is 35.5 Å². The molecule has 0 spiro atoms. The highest BCUT2D eigenvalue weighted by Crippen LogP contribution is 2.16. The fourth-order valence-corrected chi connectivity index (χ4v) is 1.45. The maximum Gasteiger partial charge on any atom is 0.239 e. The fraction of sp³-hybridized carbons (Fsp3) is 0.500. The summed E-state index contributed by atoms with van der Waals surface area (Å²) in [6.07, 6.45) is 0.991. The summed E-state index contributed by atoms with van der Waals surface area (Å²) in [5.41, 5.74) is 0. The minimum atomic E-state index is -0.597. The van der Waals surface area contributed by atoms with Crippen LogP contribution in [-0.2, 0) is 4.79 Å². The van der Waals surface area contributed by atoms with Gasteiger partial charge in [0.05, 0.1) is 12.7 Å². The van der Waals surface area contributed by atoms with Gasteiger partial charge in [-0.1, -0.05) is 0 Å². The van der Waals surface area contributed by atoms with E-state index in [4.69, 9.17) is 11.6 Å². The number of hydrogen-bond donors (Lipinski definition) is 1. The van der Waals surface area contributed by atoms with Crippen LogP contribution >= 0.6 is 11.6 Å². The lowest BCUT2D eigenvalue weighted by Crippen LogP contribution is -2.38. The number of aromatic nitrogens is 2. The molecule has 0 aliphatic carbocycles. The Labute approximate surface area is 104 Å². The van der Waals surface area contributed by atoms with Gasteiger partial charge in [-0.15, -0.1) is 0 Å². The van der Waals surface area contributed by atoms with Crippen LogP contribution in [0.5, 0.6) is 0 Å². The Bertz CT molecular complexity index is 402. The van der Waals surface area contributed by atoms with E-state index < -0.39 is 5.82 Å². The molecule has 1 amide bonds. The largest absolute Gasteiger partial charge is 0.355 e. The van der Waals surface area contributed by atoms with E-state index >= 15 is 0 Å². The molecule has 1 aromatic rings. The molecular weight excluding hydrogens is 247 g/mol. The molecule has 1 heterocycles. The number of amides is 1. The Morgan fingerprint density at radius 1 is 1.59 bits per heavy atom. The van der Waals surface area contributed by atoms with Crippen molar-refractivity contribution in [1.82, 2.24) is 15.3 Å². The zero-order valence-electron chi connectivity index (χ0n) is 9.70. The lowest BCUT2D eigenvalue weighted by atomic mass is 10.4. The van der Waals surface area contributed by atoms with Gasteiger partial charge < -0.3 is 10.2 Å². The summed E-state index contributed by atoms with van der Waals surface area (Å²) < 4.78 is 13.5. The van der Waals surface area contributed by atoms with Crippen molar-refractivity contribution in [3.05, 3.63) is 17.3 Å². The second-order valence-electron chi connectivity index (χ2n) is 3.28. The third kappa shape index (κ3) is 3.81. The lowest BCUT2D eigenvalue weighted by molar-refractivity contribution is -0.119. The maximum absolute atomic E-state index is 13.5. The van der Waals surface area contributed by atoms with Crippen LogP contribution in [0, 0.1) is 5.82 Å². The molecule has 7 heteroatoms. The van der Waals surface area contributed by atoms with E-state index in [1.54, 1.807) is 6.92 Å². The number of rotatable bonds is 5. The summed E-state index contributed by atoms with van der Waals surface area (Å²) in [5.74, 6) is -0.747. The third-order valence-electron chi connectivity index (χ3n) is 2.09. The normalized spacial score (nSPS) is 10.1. The van der Waals surface area contributed by atoms with Gasteiger partial charge in [-0.2, -0.15) is 4.98 Å². The predicted octanol–water partition coefficient (Wildman–Crippen LogP) is 1.23.